The predicted octanol–water partition coefficient (Wildman–Crippen LogP) is 4.24. The van der Waals surface area contributed by atoms with E-state index in [0.717, 1.165) is 31.6 Å². The molecule has 0 amide bonds. The van der Waals surface area contributed by atoms with Gasteiger partial charge in [0.1, 0.15) is 18.1 Å². The molecule has 1 spiro atoms. The van der Waals surface area contributed by atoms with Crippen molar-refractivity contribution in [2.75, 3.05) is 13.2 Å². The van der Waals surface area contributed by atoms with Crippen molar-refractivity contribution in [3.8, 4) is 5.75 Å². The van der Waals surface area contributed by atoms with Gasteiger partial charge in [-0.1, -0.05) is 48.9 Å². The molecule has 0 aromatic heterocycles. The third-order valence-electron chi connectivity index (χ3n) is 6.99. The van der Waals surface area contributed by atoms with Gasteiger partial charge in [0.05, 0.1) is 0 Å². The van der Waals surface area contributed by atoms with Gasteiger partial charge in [0, 0.05) is 36.9 Å². The van der Waals surface area contributed by atoms with Crippen molar-refractivity contribution in [3.63, 3.8) is 0 Å². The third kappa shape index (κ3) is 2.98. The van der Waals surface area contributed by atoms with E-state index in [2.05, 4.69) is 59.5 Å². The zero-order valence-corrected chi connectivity index (χ0v) is 15.8. The van der Waals surface area contributed by atoms with E-state index in [1.54, 1.807) is 0 Å². The molecule has 0 N–H and O–H groups in total. The van der Waals surface area contributed by atoms with E-state index in [-0.39, 0.29) is 0 Å². The Labute approximate surface area is 161 Å². The maximum absolute atomic E-state index is 12.0. The minimum absolute atomic E-state index is 0.343. The normalized spacial score (nSPS) is 29.3. The molecule has 5 rings (SSSR count). The SMILES string of the molecule is O=C1CC2N(CCOc3ccc(Cc4ccccc4)cc3)C3CCCC32C1. The highest BCUT2D eigenvalue weighted by molar-refractivity contribution is 5.84. The zero-order chi connectivity index (χ0) is 18.3. The van der Waals surface area contributed by atoms with Gasteiger partial charge in [0.15, 0.2) is 0 Å². The zero-order valence-electron chi connectivity index (χ0n) is 15.8. The Balaban J connectivity index is 1.14. The van der Waals surface area contributed by atoms with Crippen molar-refractivity contribution in [2.45, 2.75) is 50.6 Å². The van der Waals surface area contributed by atoms with Gasteiger partial charge in [-0.15, -0.1) is 0 Å². The fourth-order valence-electron chi connectivity index (χ4n) is 5.84. The number of Topliss-reactive ketones (excluding diaryl/α,β-unsaturated/α-hetero) is 1. The summed E-state index contributed by atoms with van der Waals surface area (Å²) in [4.78, 5) is 14.5. The summed E-state index contributed by atoms with van der Waals surface area (Å²) in [6.07, 6.45) is 6.36. The minimum atomic E-state index is 0.343. The number of carbonyl (C=O) groups is 1. The first-order valence-corrected chi connectivity index (χ1v) is 10.3. The highest BCUT2D eigenvalue weighted by Crippen LogP contribution is 2.61. The van der Waals surface area contributed by atoms with Crippen LogP contribution in [0.2, 0.25) is 0 Å². The summed E-state index contributed by atoms with van der Waals surface area (Å²) in [7, 11) is 0. The quantitative estimate of drug-likeness (QED) is 0.771. The highest BCUT2D eigenvalue weighted by Gasteiger charge is 2.65. The molecular weight excluding hydrogens is 334 g/mol. The van der Waals surface area contributed by atoms with Crippen LogP contribution >= 0.6 is 0 Å². The molecule has 1 heterocycles. The number of nitrogens with zero attached hydrogens (tertiary/aromatic N) is 1. The van der Waals surface area contributed by atoms with Gasteiger partial charge in [0.2, 0.25) is 0 Å². The van der Waals surface area contributed by atoms with Gasteiger partial charge in [-0.05, 0) is 42.5 Å². The molecule has 2 aromatic carbocycles. The second-order valence-corrected chi connectivity index (χ2v) is 8.47. The van der Waals surface area contributed by atoms with Crippen molar-refractivity contribution in [1.29, 1.82) is 0 Å². The Morgan fingerprint density at radius 1 is 1.00 bits per heavy atom. The number of rotatable bonds is 6. The Morgan fingerprint density at radius 3 is 2.59 bits per heavy atom. The number of ether oxygens (including phenoxy) is 1. The second-order valence-electron chi connectivity index (χ2n) is 8.47. The van der Waals surface area contributed by atoms with Crippen LogP contribution in [-0.2, 0) is 11.2 Å². The van der Waals surface area contributed by atoms with Crippen molar-refractivity contribution in [2.24, 2.45) is 5.41 Å². The van der Waals surface area contributed by atoms with Crippen molar-refractivity contribution < 1.29 is 9.53 Å². The summed E-state index contributed by atoms with van der Waals surface area (Å²) in [6, 6.07) is 20.1. The predicted molar refractivity (Wildman–Crippen MR) is 106 cm³/mol. The lowest BCUT2D eigenvalue weighted by Crippen LogP contribution is -2.67. The first-order chi connectivity index (χ1) is 13.2. The van der Waals surface area contributed by atoms with Crippen LogP contribution in [0.1, 0.15) is 43.2 Å². The van der Waals surface area contributed by atoms with Crippen LogP contribution in [0.15, 0.2) is 54.6 Å². The lowest BCUT2D eigenvalue weighted by molar-refractivity contribution is -0.118. The molecule has 3 heteroatoms. The summed E-state index contributed by atoms with van der Waals surface area (Å²) in [5, 5.41) is 0. The van der Waals surface area contributed by atoms with Crippen molar-refractivity contribution in [3.05, 3.63) is 65.7 Å². The summed E-state index contributed by atoms with van der Waals surface area (Å²) in [5.74, 6) is 1.41. The van der Waals surface area contributed by atoms with E-state index in [0.29, 0.717) is 29.9 Å². The lowest BCUT2D eigenvalue weighted by Gasteiger charge is -2.58. The van der Waals surface area contributed by atoms with Gasteiger partial charge in [0.25, 0.3) is 0 Å². The highest BCUT2D eigenvalue weighted by atomic mass is 16.5. The van der Waals surface area contributed by atoms with Crippen LogP contribution in [0, 0.1) is 5.41 Å². The average Bonchev–Trinajstić information content (AvgIpc) is 3.19. The third-order valence-corrected chi connectivity index (χ3v) is 6.99. The van der Waals surface area contributed by atoms with Crippen LogP contribution in [-0.4, -0.2) is 35.9 Å². The maximum atomic E-state index is 12.0. The smallest absolute Gasteiger partial charge is 0.135 e. The summed E-state index contributed by atoms with van der Waals surface area (Å²) in [5.41, 5.74) is 2.97. The Kier molecular flexibility index (Phi) is 4.28. The van der Waals surface area contributed by atoms with Gasteiger partial charge in [-0.3, -0.25) is 9.69 Å². The maximum Gasteiger partial charge on any atom is 0.135 e. The van der Waals surface area contributed by atoms with E-state index < -0.39 is 0 Å². The van der Waals surface area contributed by atoms with Gasteiger partial charge < -0.3 is 4.74 Å². The number of likely N-dealkylation sites (tertiary alicyclic amines) is 1. The van der Waals surface area contributed by atoms with E-state index in [9.17, 15) is 4.79 Å². The summed E-state index contributed by atoms with van der Waals surface area (Å²) >= 11 is 0. The molecule has 3 nitrogen and oxygen atoms in total. The topological polar surface area (TPSA) is 29.5 Å². The molecule has 1 saturated heterocycles. The molecule has 0 bridgehead atoms. The van der Waals surface area contributed by atoms with Crippen LogP contribution in [0.25, 0.3) is 0 Å². The first-order valence-electron chi connectivity index (χ1n) is 10.3. The van der Waals surface area contributed by atoms with Gasteiger partial charge in [-0.25, -0.2) is 0 Å². The summed E-state index contributed by atoms with van der Waals surface area (Å²) in [6.45, 7) is 1.64. The van der Waals surface area contributed by atoms with Gasteiger partial charge in [-0.2, -0.15) is 0 Å². The molecule has 3 atom stereocenters. The van der Waals surface area contributed by atoms with Crippen molar-refractivity contribution in [1.82, 2.24) is 4.90 Å². The monoisotopic (exact) mass is 361 g/mol. The number of carbonyl (C=O) groups excluding carboxylic acids is 1. The second kappa shape index (κ2) is 6.79. The molecule has 2 aromatic rings. The minimum Gasteiger partial charge on any atom is -0.492 e. The molecule has 3 unspecified atom stereocenters. The molecule has 27 heavy (non-hydrogen) atoms. The van der Waals surface area contributed by atoms with E-state index in [4.69, 9.17) is 4.74 Å². The summed E-state index contributed by atoms with van der Waals surface area (Å²) < 4.78 is 6.01. The molecule has 3 fully saturated rings. The average molecular weight is 361 g/mol. The van der Waals surface area contributed by atoms with Crippen LogP contribution in [0.5, 0.6) is 5.75 Å². The molecule has 0 radical (unpaired) electrons. The lowest BCUT2D eigenvalue weighted by atomic mass is 9.68. The Bertz CT molecular complexity index is 816. The largest absolute Gasteiger partial charge is 0.492 e. The van der Waals surface area contributed by atoms with Crippen molar-refractivity contribution >= 4 is 5.78 Å². The number of benzene rings is 2. The van der Waals surface area contributed by atoms with E-state index in [1.165, 1.54) is 30.4 Å². The number of hydrogen-bond acceptors (Lipinski definition) is 3. The van der Waals surface area contributed by atoms with E-state index in [1.807, 2.05) is 0 Å². The van der Waals surface area contributed by atoms with E-state index >= 15 is 0 Å². The van der Waals surface area contributed by atoms with Crippen LogP contribution in [0.4, 0.5) is 0 Å². The molecular formula is C24H27NO2. The van der Waals surface area contributed by atoms with Gasteiger partial charge >= 0.3 is 0 Å². The molecule has 2 aliphatic carbocycles. The number of hydrogen-bond donors (Lipinski definition) is 0. The van der Waals surface area contributed by atoms with Crippen LogP contribution in [0.3, 0.4) is 0 Å². The fraction of sp³-hybridized carbons (Fsp3) is 0.458. The Hall–Kier alpha value is -2.13. The molecule has 1 aliphatic heterocycles. The van der Waals surface area contributed by atoms with Crippen LogP contribution < -0.4 is 4.74 Å². The molecule has 140 valence electrons. The fourth-order valence-corrected chi connectivity index (χ4v) is 5.84. The first kappa shape index (κ1) is 17.0. The Morgan fingerprint density at radius 2 is 1.78 bits per heavy atom. The standard InChI is InChI=1S/C24H27NO2/c26-20-16-23-24(17-20)12-4-7-22(24)25(23)13-14-27-21-10-8-19(9-11-21)15-18-5-2-1-3-6-18/h1-3,5-6,8-11,22-23H,4,7,12-17H2. The molecule has 3 aliphatic rings. The number of ketones is 1. The molecule has 2 saturated carbocycles.